The van der Waals surface area contributed by atoms with E-state index in [0.717, 1.165) is 60.1 Å². The van der Waals surface area contributed by atoms with Crippen molar-refractivity contribution in [2.24, 2.45) is 0 Å². The van der Waals surface area contributed by atoms with Gasteiger partial charge in [-0.2, -0.15) is 5.10 Å². The number of rotatable bonds is 5. The second-order valence-corrected chi connectivity index (χ2v) is 8.93. The highest BCUT2D eigenvalue weighted by Crippen LogP contribution is 2.36. The number of aromatic nitrogens is 6. The molecule has 0 saturated carbocycles. The van der Waals surface area contributed by atoms with Gasteiger partial charge >= 0.3 is 0 Å². The Morgan fingerprint density at radius 3 is 2.73 bits per heavy atom. The van der Waals surface area contributed by atoms with E-state index in [-0.39, 0.29) is 0 Å². The number of H-pyrrole nitrogens is 2. The molecule has 0 radical (unpaired) electrons. The van der Waals surface area contributed by atoms with Gasteiger partial charge in [-0.25, -0.2) is 0 Å². The van der Waals surface area contributed by atoms with Crippen molar-refractivity contribution in [3.8, 4) is 21.8 Å². The molecule has 33 heavy (non-hydrogen) atoms. The molecule has 5 aromatic rings. The Morgan fingerprint density at radius 2 is 1.97 bits per heavy atom. The van der Waals surface area contributed by atoms with Crippen molar-refractivity contribution >= 4 is 46.0 Å². The van der Waals surface area contributed by atoms with E-state index in [1.54, 1.807) is 29.9 Å². The van der Waals surface area contributed by atoms with Gasteiger partial charge in [0.05, 0.1) is 34.6 Å². The molecule has 5 aromatic heterocycles. The predicted octanol–water partition coefficient (Wildman–Crippen LogP) is 4.80. The quantitative estimate of drug-likeness (QED) is 0.403. The summed E-state index contributed by atoms with van der Waals surface area (Å²) in [5.41, 5.74) is 6.62. The van der Waals surface area contributed by atoms with E-state index in [0.29, 0.717) is 0 Å². The molecule has 0 amide bonds. The zero-order chi connectivity index (χ0) is 22.9. The van der Waals surface area contributed by atoms with Gasteiger partial charge in [-0.15, -0.1) is 11.3 Å². The largest absolute Gasteiger partial charge is 0.352 e. The number of pyridine rings is 1. The second kappa shape index (κ2) is 8.44. The summed E-state index contributed by atoms with van der Waals surface area (Å²) in [6.45, 7) is 12.3. The Hall–Kier alpha value is -4.10. The minimum atomic E-state index is 0.780. The molecule has 0 saturated heterocycles. The van der Waals surface area contributed by atoms with Crippen LogP contribution in [-0.2, 0) is 0 Å². The number of nitrogens with zero attached hydrogens (tertiary/aromatic N) is 4. The van der Waals surface area contributed by atoms with Crippen LogP contribution in [0.5, 0.6) is 0 Å². The predicted molar refractivity (Wildman–Crippen MR) is 137 cm³/mol. The molecule has 5 rings (SSSR count). The maximum Gasteiger partial charge on any atom is 0.116 e. The van der Waals surface area contributed by atoms with E-state index < -0.39 is 0 Å². The third-order valence-electron chi connectivity index (χ3n) is 5.46. The fourth-order valence-electron chi connectivity index (χ4n) is 3.62. The van der Waals surface area contributed by atoms with Crippen LogP contribution in [0.15, 0.2) is 61.8 Å². The summed E-state index contributed by atoms with van der Waals surface area (Å²) in [6.07, 6.45) is 12.8. The molecular weight excluding hydrogens is 428 g/mol. The molecule has 0 aliphatic carbocycles. The normalized spacial score (nSPS) is 12.5. The first kappa shape index (κ1) is 20.8. The lowest BCUT2D eigenvalue weighted by Gasteiger charge is -1.99. The van der Waals surface area contributed by atoms with E-state index in [1.807, 2.05) is 38.4 Å². The molecule has 0 fully saturated rings. The van der Waals surface area contributed by atoms with Gasteiger partial charge in [-0.05, 0) is 49.3 Å². The van der Waals surface area contributed by atoms with Crippen molar-refractivity contribution in [2.75, 3.05) is 0 Å². The van der Waals surface area contributed by atoms with Crippen LogP contribution in [0.4, 0.5) is 0 Å². The summed E-state index contributed by atoms with van der Waals surface area (Å²) < 4.78 is 0. The number of allylic oxidation sites excluding steroid dienone is 3. The summed E-state index contributed by atoms with van der Waals surface area (Å²) >= 11 is 1.72. The van der Waals surface area contributed by atoms with E-state index in [9.17, 15) is 0 Å². The third kappa shape index (κ3) is 3.94. The summed E-state index contributed by atoms with van der Waals surface area (Å²) in [7, 11) is 0. The first-order valence-corrected chi connectivity index (χ1v) is 11.2. The first-order valence-electron chi connectivity index (χ1n) is 10.4. The van der Waals surface area contributed by atoms with Gasteiger partial charge < -0.3 is 4.98 Å². The molecular formula is C26H22N6S. The molecule has 6 nitrogen and oxygen atoms in total. The number of aromatic amines is 2. The van der Waals surface area contributed by atoms with Crippen molar-refractivity contribution in [2.45, 2.75) is 13.8 Å². The van der Waals surface area contributed by atoms with Crippen LogP contribution < -0.4 is 10.6 Å². The van der Waals surface area contributed by atoms with E-state index in [2.05, 4.69) is 61.5 Å². The van der Waals surface area contributed by atoms with E-state index >= 15 is 0 Å². The lowest BCUT2D eigenvalue weighted by atomic mass is 10.1. The van der Waals surface area contributed by atoms with Gasteiger partial charge in [0.15, 0.2) is 0 Å². The van der Waals surface area contributed by atoms with Crippen LogP contribution in [0, 0.1) is 0 Å². The van der Waals surface area contributed by atoms with Crippen molar-refractivity contribution in [1.29, 1.82) is 0 Å². The zero-order valence-corrected chi connectivity index (χ0v) is 19.2. The highest BCUT2D eigenvalue weighted by atomic mass is 32.1. The smallest absolute Gasteiger partial charge is 0.116 e. The summed E-state index contributed by atoms with van der Waals surface area (Å²) in [5.74, 6) is 0. The maximum absolute atomic E-state index is 4.53. The lowest BCUT2D eigenvalue weighted by molar-refractivity contribution is 1.06. The van der Waals surface area contributed by atoms with Crippen molar-refractivity contribution in [1.82, 2.24) is 30.1 Å². The monoisotopic (exact) mass is 450 g/mol. The number of thiophene rings is 1. The number of hydrogen-bond acceptors (Lipinski definition) is 5. The Morgan fingerprint density at radius 1 is 1.09 bits per heavy atom. The first-order chi connectivity index (χ1) is 16.0. The number of fused-ring (bicyclic) bond motifs is 1. The van der Waals surface area contributed by atoms with E-state index in [1.165, 1.54) is 4.88 Å². The Kier molecular flexibility index (Phi) is 5.32. The van der Waals surface area contributed by atoms with Crippen LogP contribution in [0.1, 0.15) is 24.4 Å². The Labute approximate surface area is 194 Å². The van der Waals surface area contributed by atoms with Crippen molar-refractivity contribution in [3.05, 3.63) is 83.0 Å². The maximum atomic E-state index is 4.53. The molecule has 0 aliphatic heterocycles. The van der Waals surface area contributed by atoms with Gasteiger partial charge in [0.1, 0.15) is 5.69 Å². The fraction of sp³-hybridized carbons (Fsp3) is 0.0769. The molecule has 5 heterocycles. The number of hydrogen-bond donors (Lipinski definition) is 2. The summed E-state index contributed by atoms with van der Waals surface area (Å²) in [5, 5.41) is 10.4. The summed E-state index contributed by atoms with van der Waals surface area (Å²) in [4.78, 5) is 18.7. The molecule has 2 N–H and O–H groups in total. The molecule has 0 atom stereocenters. The molecule has 0 aliphatic rings. The summed E-state index contributed by atoms with van der Waals surface area (Å²) in [6, 6.07) is 6.34. The molecule has 7 heteroatoms. The average Bonchev–Trinajstić information content (AvgIpc) is 3.56. The van der Waals surface area contributed by atoms with Gasteiger partial charge in [-0.1, -0.05) is 19.2 Å². The molecule has 0 unspecified atom stereocenters. The Balaban J connectivity index is 1.54. The minimum Gasteiger partial charge on any atom is -0.352 e. The van der Waals surface area contributed by atoms with Crippen LogP contribution in [-0.4, -0.2) is 30.1 Å². The van der Waals surface area contributed by atoms with Crippen LogP contribution >= 0.6 is 11.3 Å². The fourth-order valence-corrected chi connectivity index (χ4v) is 4.58. The molecule has 162 valence electrons. The molecule has 0 aromatic carbocycles. The van der Waals surface area contributed by atoms with Crippen molar-refractivity contribution < 1.29 is 0 Å². The van der Waals surface area contributed by atoms with E-state index in [4.69, 9.17) is 0 Å². The van der Waals surface area contributed by atoms with Crippen molar-refractivity contribution in [3.63, 3.8) is 0 Å². The standard InChI is InChI=1S/C26H22N6S/c1-15(2)24-7-8-25(33-24)19-12-28-14-23-18(19)11-21(30-23)26-17(4)20(31-32-26)6-5-16(3)22-13-27-9-10-29-22/h5-14,30-31H,1,4H2,2-3H3/b16-5+,20-6+. The van der Waals surface area contributed by atoms with Gasteiger partial charge in [0.2, 0.25) is 0 Å². The van der Waals surface area contributed by atoms with Crippen LogP contribution in [0.2, 0.25) is 0 Å². The van der Waals surface area contributed by atoms with Gasteiger partial charge in [-0.3, -0.25) is 20.1 Å². The highest BCUT2D eigenvalue weighted by Gasteiger charge is 2.13. The highest BCUT2D eigenvalue weighted by molar-refractivity contribution is 7.16. The lowest BCUT2D eigenvalue weighted by Crippen LogP contribution is -2.21. The topological polar surface area (TPSA) is 83.1 Å². The van der Waals surface area contributed by atoms with Gasteiger partial charge in [0, 0.05) is 44.5 Å². The van der Waals surface area contributed by atoms with Crippen LogP contribution in [0.25, 0.3) is 56.5 Å². The number of nitrogens with one attached hydrogen (secondary N) is 2. The second-order valence-electron chi connectivity index (χ2n) is 7.85. The average molecular weight is 451 g/mol. The van der Waals surface area contributed by atoms with Gasteiger partial charge in [0.25, 0.3) is 0 Å². The molecule has 0 bridgehead atoms. The SMILES string of the molecule is C=C(C)c1ccc(-c2cncc3[nH]c(-c4n[nH]/c(=C/C=C(\C)c5cnccn5)c4=C)cc23)s1. The van der Waals surface area contributed by atoms with Crippen LogP contribution in [0.3, 0.4) is 0 Å². The molecule has 0 spiro atoms. The Bertz CT molecular complexity index is 1620. The minimum absolute atomic E-state index is 0.780. The zero-order valence-electron chi connectivity index (χ0n) is 18.4. The third-order valence-corrected chi connectivity index (χ3v) is 6.74.